The lowest BCUT2D eigenvalue weighted by Gasteiger charge is -2.32. The molecule has 1 aliphatic carbocycles. The maximum absolute atomic E-state index is 13.0. The van der Waals surface area contributed by atoms with E-state index in [0.29, 0.717) is 6.54 Å². The van der Waals surface area contributed by atoms with Crippen LogP contribution < -0.4 is 0 Å². The molecular formula is C21H26N2O3. The number of dihydropyridines is 1. The number of ether oxygens (including phenoxy) is 2. The average molecular weight is 354 g/mol. The third-order valence-electron chi connectivity index (χ3n) is 5.00. The summed E-state index contributed by atoms with van der Waals surface area (Å²) in [5.41, 5.74) is 4.11. The van der Waals surface area contributed by atoms with Gasteiger partial charge in [0, 0.05) is 34.2 Å². The van der Waals surface area contributed by atoms with Crippen LogP contribution in [0.2, 0.25) is 0 Å². The molecule has 3 rings (SSSR count). The topological polar surface area (TPSA) is 51.1 Å². The number of rotatable bonds is 5. The highest BCUT2D eigenvalue weighted by atomic mass is 16.5. The summed E-state index contributed by atoms with van der Waals surface area (Å²) in [6, 6.07) is 9.86. The first-order valence-corrected chi connectivity index (χ1v) is 8.88. The fraction of sp³-hybridized carbons (Fsp3) is 0.429. The first-order valence-electron chi connectivity index (χ1n) is 8.88. The van der Waals surface area contributed by atoms with Gasteiger partial charge in [-0.3, -0.25) is 9.79 Å². The number of benzene rings is 1. The van der Waals surface area contributed by atoms with Crippen molar-refractivity contribution < 1.29 is 14.3 Å². The number of aliphatic imine (C=N–C) groups is 1. The summed E-state index contributed by atoms with van der Waals surface area (Å²) in [7, 11) is 6.93. The van der Waals surface area contributed by atoms with Gasteiger partial charge in [-0.25, -0.2) is 0 Å². The van der Waals surface area contributed by atoms with Crippen LogP contribution in [0.4, 0.5) is 0 Å². The fourth-order valence-corrected chi connectivity index (χ4v) is 3.62. The molecule has 5 nitrogen and oxygen atoms in total. The Bertz CT molecular complexity index is 763. The van der Waals surface area contributed by atoms with Crippen molar-refractivity contribution in [3.05, 3.63) is 58.9 Å². The second-order valence-electron chi connectivity index (χ2n) is 6.79. The molecule has 0 N–H and O–H groups in total. The SMILES string of the molecule is COC1=CC2=C(CCN=C2C(C(=O)N(C)C)c2ccccc2)CC1OC. The molecule has 0 saturated carbocycles. The van der Waals surface area contributed by atoms with Gasteiger partial charge in [-0.15, -0.1) is 0 Å². The van der Waals surface area contributed by atoms with Gasteiger partial charge < -0.3 is 14.4 Å². The molecule has 0 fully saturated rings. The van der Waals surface area contributed by atoms with Crippen LogP contribution in [0.5, 0.6) is 0 Å². The number of carbonyl (C=O) groups is 1. The van der Waals surface area contributed by atoms with E-state index < -0.39 is 5.92 Å². The molecule has 0 radical (unpaired) electrons. The molecule has 2 aliphatic rings. The molecule has 0 aromatic heterocycles. The van der Waals surface area contributed by atoms with E-state index in [1.807, 2.05) is 36.4 Å². The lowest BCUT2D eigenvalue weighted by atomic mass is 9.80. The summed E-state index contributed by atoms with van der Waals surface area (Å²) in [4.78, 5) is 19.5. The normalized spacial score (nSPS) is 20.7. The smallest absolute Gasteiger partial charge is 0.235 e. The van der Waals surface area contributed by atoms with Crippen molar-refractivity contribution in [3.8, 4) is 0 Å². The molecular weight excluding hydrogens is 328 g/mol. The van der Waals surface area contributed by atoms with E-state index in [1.165, 1.54) is 5.57 Å². The monoisotopic (exact) mass is 354 g/mol. The summed E-state index contributed by atoms with van der Waals surface area (Å²) >= 11 is 0. The maximum Gasteiger partial charge on any atom is 0.235 e. The molecule has 1 aromatic carbocycles. The van der Waals surface area contributed by atoms with Crippen molar-refractivity contribution in [3.63, 3.8) is 0 Å². The Balaban J connectivity index is 2.07. The van der Waals surface area contributed by atoms with E-state index in [-0.39, 0.29) is 12.0 Å². The Morgan fingerprint density at radius 1 is 1.23 bits per heavy atom. The molecule has 0 saturated heterocycles. The maximum atomic E-state index is 13.0. The second kappa shape index (κ2) is 7.87. The van der Waals surface area contributed by atoms with Crippen molar-refractivity contribution in [2.45, 2.75) is 24.9 Å². The quantitative estimate of drug-likeness (QED) is 0.817. The van der Waals surface area contributed by atoms with Crippen LogP contribution >= 0.6 is 0 Å². The van der Waals surface area contributed by atoms with Gasteiger partial charge in [0.05, 0.1) is 12.8 Å². The van der Waals surface area contributed by atoms with Crippen LogP contribution in [-0.2, 0) is 14.3 Å². The van der Waals surface area contributed by atoms with E-state index in [4.69, 9.17) is 14.5 Å². The van der Waals surface area contributed by atoms with Gasteiger partial charge in [0.1, 0.15) is 17.8 Å². The van der Waals surface area contributed by atoms with Gasteiger partial charge in [0.25, 0.3) is 0 Å². The molecule has 1 amide bonds. The van der Waals surface area contributed by atoms with E-state index in [2.05, 4.69) is 0 Å². The van der Waals surface area contributed by atoms with Crippen LogP contribution in [-0.4, -0.2) is 57.5 Å². The Hall–Kier alpha value is -2.40. The van der Waals surface area contributed by atoms with Crippen molar-refractivity contribution in [1.29, 1.82) is 0 Å². The molecule has 2 unspecified atom stereocenters. The van der Waals surface area contributed by atoms with Crippen LogP contribution in [0.25, 0.3) is 0 Å². The molecule has 2 atom stereocenters. The molecule has 0 spiro atoms. The molecule has 26 heavy (non-hydrogen) atoms. The summed E-state index contributed by atoms with van der Waals surface area (Å²) in [6.45, 7) is 0.699. The van der Waals surface area contributed by atoms with E-state index >= 15 is 0 Å². The Morgan fingerprint density at radius 3 is 2.58 bits per heavy atom. The van der Waals surface area contributed by atoms with Crippen LogP contribution in [0.3, 0.4) is 0 Å². The third kappa shape index (κ3) is 3.44. The number of amides is 1. The zero-order valence-corrected chi connectivity index (χ0v) is 15.9. The summed E-state index contributed by atoms with van der Waals surface area (Å²) in [6.07, 6.45) is 3.61. The minimum Gasteiger partial charge on any atom is -0.498 e. The molecule has 5 heteroatoms. The van der Waals surface area contributed by atoms with E-state index in [0.717, 1.165) is 35.4 Å². The zero-order valence-electron chi connectivity index (χ0n) is 15.9. The molecule has 1 aromatic rings. The van der Waals surface area contributed by atoms with Gasteiger partial charge in [0.15, 0.2) is 0 Å². The van der Waals surface area contributed by atoms with Gasteiger partial charge in [-0.05, 0) is 23.6 Å². The van der Waals surface area contributed by atoms with Gasteiger partial charge in [-0.1, -0.05) is 35.9 Å². The first-order chi connectivity index (χ1) is 12.6. The predicted octanol–water partition coefficient (Wildman–Crippen LogP) is 2.95. The number of methoxy groups -OCH3 is 2. The lowest BCUT2D eigenvalue weighted by molar-refractivity contribution is -0.128. The number of hydrogen-bond acceptors (Lipinski definition) is 4. The Labute approximate surface area is 155 Å². The van der Waals surface area contributed by atoms with Gasteiger partial charge in [0.2, 0.25) is 5.91 Å². The minimum atomic E-state index is -0.412. The third-order valence-corrected chi connectivity index (χ3v) is 5.00. The van der Waals surface area contributed by atoms with Crippen molar-refractivity contribution in [2.75, 3.05) is 34.9 Å². The highest BCUT2D eigenvalue weighted by molar-refractivity contribution is 6.19. The molecule has 138 valence electrons. The number of allylic oxidation sites excluding steroid dienone is 2. The van der Waals surface area contributed by atoms with Crippen molar-refractivity contribution in [2.24, 2.45) is 4.99 Å². The standard InChI is InChI=1S/C21H26N2O3/c1-23(2)21(24)19(14-8-6-5-7-9-14)20-16-13-18(26-4)17(25-3)12-15(16)10-11-22-20/h5-9,13,17,19H,10-12H2,1-4H3. The largest absolute Gasteiger partial charge is 0.498 e. The summed E-state index contributed by atoms with van der Waals surface area (Å²) in [5.74, 6) is 0.403. The van der Waals surface area contributed by atoms with Gasteiger partial charge in [-0.2, -0.15) is 0 Å². The second-order valence-corrected chi connectivity index (χ2v) is 6.79. The fourth-order valence-electron chi connectivity index (χ4n) is 3.62. The number of hydrogen-bond donors (Lipinski definition) is 0. The number of nitrogens with zero attached hydrogens (tertiary/aromatic N) is 2. The number of carbonyl (C=O) groups excluding carboxylic acids is 1. The van der Waals surface area contributed by atoms with Crippen LogP contribution in [0, 0.1) is 0 Å². The molecule has 0 bridgehead atoms. The van der Waals surface area contributed by atoms with Crippen LogP contribution in [0.15, 0.2) is 58.3 Å². The first kappa shape index (κ1) is 18.4. The minimum absolute atomic E-state index is 0.0323. The molecule has 1 heterocycles. The summed E-state index contributed by atoms with van der Waals surface area (Å²) in [5, 5.41) is 0. The van der Waals surface area contributed by atoms with Crippen molar-refractivity contribution >= 4 is 11.6 Å². The van der Waals surface area contributed by atoms with Crippen LogP contribution in [0.1, 0.15) is 24.3 Å². The average Bonchev–Trinajstić information content (AvgIpc) is 2.67. The lowest BCUT2D eigenvalue weighted by Crippen LogP contribution is -2.36. The Kier molecular flexibility index (Phi) is 5.57. The highest BCUT2D eigenvalue weighted by Crippen LogP contribution is 2.36. The number of likely N-dealkylation sites (N-methyl/N-ethyl adjacent to an activating group) is 1. The van der Waals surface area contributed by atoms with Crippen molar-refractivity contribution in [1.82, 2.24) is 4.90 Å². The highest BCUT2D eigenvalue weighted by Gasteiger charge is 2.35. The van der Waals surface area contributed by atoms with E-state index in [1.54, 1.807) is 33.2 Å². The molecule has 1 aliphatic heterocycles. The zero-order chi connectivity index (χ0) is 18.7. The Morgan fingerprint density at radius 2 is 1.96 bits per heavy atom. The summed E-state index contributed by atoms with van der Waals surface area (Å²) < 4.78 is 11.1. The predicted molar refractivity (Wildman–Crippen MR) is 102 cm³/mol. The van der Waals surface area contributed by atoms with E-state index in [9.17, 15) is 4.79 Å². The van der Waals surface area contributed by atoms with Gasteiger partial charge >= 0.3 is 0 Å².